The fraction of sp³-hybridized carbons (Fsp3) is 0.321. The van der Waals surface area contributed by atoms with Gasteiger partial charge in [0.25, 0.3) is 5.56 Å². The number of cyclic esters (lactones) is 1. The number of carbonyl (C=O) groups excluding carboxylic acids is 3. The normalized spacial score (nSPS) is 17.3. The van der Waals surface area contributed by atoms with Gasteiger partial charge < -0.3 is 23.9 Å². The largest absolute Gasteiger partial charge is 0.508 e. The number of esters is 3. The molecule has 0 radical (unpaired) electrons. The second kappa shape index (κ2) is 9.13. The van der Waals surface area contributed by atoms with Crippen molar-refractivity contribution in [3.8, 4) is 17.1 Å². The van der Waals surface area contributed by atoms with E-state index in [1.807, 2.05) is 6.92 Å². The number of aromatic nitrogens is 2. The van der Waals surface area contributed by atoms with Gasteiger partial charge in [0.1, 0.15) is 12.4 Å². The first-order valence-electron chi connectivity index (χ1n) is 12.2. The number of phenols is 1. The number of rotatable bonds is 6. The Morgan fingerprint density at radius 3 is 2.66 bits per heavy atom. The fourth-order valence-electron chi connectivity index (χ4n) is 5.18. The number of hydrogen-bond donors (Lipinski definition) is 1. The van der Waals surface area contributed by atoms with E-state index < -0.39 is 30.1 Å². The summed E-state index contributed by atoms with van der Waals surface area (Å²) in [5, 5.41) is 10.8. The Morgan fingerprint density at radius 2 is 1.97 bits per heavy atom. The van der Waals surface area contributed by atoms with Crippen LogP contribution < -0.4 is 5.56 Å². The van der Waals surface area contributed by atoms with Crippen molar-refractivity contribution >= 4 is 28.8 Å². The smallest absolute Gasteiger partial charge is 0.355 e. The first kappa shape index (κ1) is 25.2. The quantitative estimate of drug-likeness (QED) is 0.232. The van der Waals surface area contributed by atoms with E-state index in [1.54, 1.807) is 35.8 Å². The second-order valence-corrected chi connectivity index (χ2v) is 9.37. The maximum Gasteiger partial charge on any atom is 0.355 e. The zero-order valence-electron chi connectivity index (χ0n) is 21.3. The zero-order chi connectivity index (χ0) is 27.4. The van der Waals surface area contributed by atoms with E-state index in [9.17, 15) is 24.3 Å². The minimum atomic E-state index is -1.89. The van der Waals surface area contributed by atoms with Crippen LogP contribution in [-0.2, 0) is 53.8 Å². The number of aryl methyl sites for hydroxylation is 1. The van der Waals surface area contributed by atoms with Crippen LogP contribution in [0.3, 0.4) is 0 Å². The molecule has 2 aliphatic heterocycles. The lowest BCUT2D eigenvalue weighted by molar-refractivity contribution is -0.192. The lowest BCUT2D eigenvalue weighted by atomic mass is 9.85. The third-order valence-corrected chi connectivity index (χ3v) is 7.07. The number of carbonyl (C=O) groups is 3. The van der Waals surface area contributed by atoms with Gasteiger partial charge in [-0.25, -0.2) is 19.4 Å². The predicted octanol–water partition coefficient (Wildman–Crippen LogP) is 3.02. The van der Waals surface area contributed by atoms with Gasteiger partial charge in [0.2, 0.25) is 5.60 Å². The van der Waals surface area contributed by atoms with Crippen LogP contribution in [0.2, 0.25) is 0 Å². The molecular weight excluding hydrogens is 492 g/mol. The summed E-state index contributed by atoms with van der Waals surface area (Å²) < 4.78 is 17.4. The topological polar surface area (TPSA) is 134 Å². The van der Waals surface area contributed by atoms with Crippen LogP contribution in [-0.4, -0.2) is 39.2 Å². The third kappa shape index (κ3) is 3.75. The second-order valence-electron chi connectivity index (χ2n) is 9.37. The molecule has 38 heavy (non-hydrogen) atoms. The molecule has 3 aromatic rings. The predicted molar refractivity (Wildman–Crippen MR) is 135 cm³/mol. The van der Waals surface area contributed by atoms with E-state index in [2.05, 4.69) is 6.58 Å². The van der Waals surface area contributed by atoms with E-state index in [0.29, 0.717) is 23.3 Å². The minimum Gasteiger partial charge on any atom is -0.508 e. The highest BCUT2D eigenvalue weighted by Gasteiger charge is 2.50. The van der Waals surface area contributed by atoms with Gasteiger partial charge in [0, 0.05) is 22.1 Å². The Bertz CT molecular complexity index is 1620. The first-order chi connectivity index (χ1) is 18.1. The molecule has 1 aromatic carbocycles. The van der Waals surface area contributed by atoms with Crippen LogP contribution in [0.25, 0.3) is 22.3 Å². The Hall–Kier alpha value is -4.47. The van der Waals surface area contributed by atoms with Crippen molar-refractivity contribution in [2.24, 2.45) is 0 Å². The lowest BCUT2D eigenvalue weighted by Gasteiger charge is -2.35. The summed E-state index contributed by atoms with van der Waals surface area (Å²) in [7, 11) is 0. The van der Waals surface area contributed by atoms with Gasteiger partial charge in [0.15, 0.2) is 6.61 Å². The molecule has 4 heterocycles. The molecular formula is C28H26N2O8. The van der Waals surface area contributed by atoms with Crippen molar-refractivity contribution in [3.05, 3.63) is 69.0 Å². The zero-order valence-corrected chi connectivity index (χ0v) is 21.3. The summed E-state index contributed by atoms with van der Waals surface area (Å²) in [6, 6.07) is 6.59. The maximum absolute atomic E-state index is 13.7. The van der Waals surface area contributed by atoms with Crippen molar-refractivity contribution in [3.63, 3.8) is 0 Å². The van der Waals surface area contributed by atoms with Crippen molar-refractivity contribution in [1.82, 2.24) is 9.55 Å². The minimum absolute atomic E-state index is 0.0145. The summed E-state index contributed by atoms with van der Waals surface area (Å²) in [5.74, 6) is -2.43. The molecule has 0 saturated carbocycles. The molecule has 10 heteroatoms. The van der Waals surface area contributed by atoms with Gasteiger partial charge in [-0.2, -0.15) is 0 Å². The van der Waals surface area contributed by atoms with E-state index in [4.69, 9.17) is 19.2 Å². The molecule has 0 saturated heterocycles. The average Bonchev–Trinajstić information content (AvgIpc) is 3.26. The van der Waals surface area contributed by atoms with Crippen LogP contribution in [0.15, 0.2) is 41.2 Å². The maximum atomic E-state index is 13.7. The van der Waals surface area contributed by atoms with Gasteiger partial charge >= 0.3 is 17.9 Å². The molecule has 5 rings (SSSR count). The summed E-state index contributed by atoms with van der Waals surface area (Å²) in [4.78, 5) is 56.0. The van der Waals surface area contributed by atoms with E-state index in [-0.39, 0.29) is 47.6 Å². The highest BCUT2D eigenvalue weighted by Crippen LogP contribution is 2.42. The van der Waals surface area contributed by atoms with E-state index >= 15 is 0 Å². The Morgan fingerprint density at radius 1 is 1.21 bits per heavy atom. The molecule has 1 N–H and O–H groups in total. The summed E-state index contributed by atoms with van der Waals surface area (Å²) >= 11 is 0. The average molecular weight is 519 g/mol. The van der Waals surface area contributed by atoms with Crippen LogP contribution in [0.5, 0.6) is 5.75 Å². The molecule has 2 aliphatic rings. The standard InChI is InChI=1S/C28H26N2O8/c1-5-16-17-9-15(31)7-8-21(17)29-24-18(16)11-30-22(24)10-20-19(25(30)33)12-37-27(35)28(20,6-2)38-23(32)13-36-26(34)14(3)4/h7-10,31H,3,5-6,11-13H2,1-2,4H3/t28-/m0/s1. The van der Waals surface area contributed by atoms with Crippen molar-refractivity contribution in [2.45, 2.75) is 52.4 Å². The van der Waals surface area contributed by atoms with Crippen LogP contribution in [0.4, 0.5) is 0 Å². The molecule has 0 bridgehead atoms. The monoisotopic (exact) mass is 518 g/mol. The van der Waals surface area contributed by atoms with E-state index in [1.165, 1.54) is 6.92 Å². The molecule has 0 fully saturated rings. The fourth-order valence-corrected chi connectivity index (χ4v) is 5.18. The first-order valence-corrected chi connectivity index (χ1v) is 12.2. The van der Waals surface area contributed by atoms with Crippen LogP contribution in [0, 0.1) is 0 Å². The number of phenolic OH excluding ortho intramolecular Hbond substituents is 1. The Balaban J connectivity index is 1.64. The van der Waals surface area contributed by atoms with Gasteiger partial charge in [-0.15, -0.1) is 0 Å². The van der Waals surface area contributed by atoms with Gasteiger partial charge in [-0.1, -0.05) is 20.4 Å². The van der Waals surface area contributed by atoms with E-state index in [0.717, 1.165) is 16.5 Å². The Labute approximate surface area is 217 Å². The van der Waals surface area contributed by atoms with Crippen LogP contribution >= 0.6 is 0 Å². The molecule has 0 spiro atoms. The van der Waals surface area contributed by atoms with Crippen molar-refractivity contribution in [2.75, 3.05) is 6.61 Å². The molecule has 0 unspecified atom stereocenters. The number of pyridine rings is 2. The number of fused-ring (bicyclic) bond motifs is 5. The number of hydrogen-bond acceptors (Lipinski definition) is 9. The summed E-state index contributed by atoms with van der Waals surface area (Å²) in [6.07, 6.45) is 0.633. The number of aromatic hydroxyl groups is 1. The molecule has 196 valence electrons. The molecule has 0 amide bonds. The number of benzene rings is 1. The highest BCUT2D eigenvalue weighted by atomic mass is 16.6. The molecule has 1 atom stereocenters. The lowest BCUT2D eigenvalue weighted by Crippen LogP contribution is -2.48. The van der Waals surface area contributed by atoms with Crippen molar-refractivity contribution in [1.29, 1.82) is 0 Å². The Kier molecular flexibility index (Phi) is 6.05. The van der Waals surface area contributed by atoms with Crippen molar-refractivity contribution < 1.29 is 33.7 Å². The van der Waals surface area contributed by atoms with Crippen LogP contribution in [0.1, 0.15) is 49.4 Å². The SMILES string of the molecule is C=C(C)C(=O)OCC(=O)O[C@]1(CC)C(=O)OCc2c1cc1n(c2=O)Cc2c-1nc1ccc(O)cc1c2CC. The van der Waals surface area contributed by atoms with Gasteiger partial charge in [-0.05, 0) is 49.6 Å². The molecule has 10 nitrogen and oxygen atoms in total. The summed E-state index contributed by atoms with van der Waals surface area (Å²) in [6.45, 7) is 7.79. The molecule has 2 aromatic heterocycles. The third-order valence-electron chi connectivity index (χ3n) is 7.07. The van der Waals surface area contributed by atoms with Gasteiger partial charge in [0.05, 0.1) is 29.0 Å². The number of nitrogens with zero attached hydrogens (tertiary/aromatic N) is 2. The highest BCUT2D eigenvalue weighted by molar-refractivity contribution is 5.91. The number of ether oxygens (including phenoxy) is 3. The summed E-state index contributed by atoms with van der Waals surface area (Å²) in [5.41, 5.74) is 1.81. The van der Waals surface area contributed by atoms with Gasteiger partial charge in [-0.3, -0.25) is 4.79 Å². The molecule has 0 aliphatic carbocycles.